The summed E-state index contributed by atoms with van der Waals surface area (Å²) in [5.41, 5.74) is 1.81. The Hall–Kier alpha value is -1.93. The van der Waals surface area contributed by atoms with Crippen molar-refractivity contribution in [3.8, 4) is 11.3 Å². The molecule has 2 saturated heterocycles. The van der Waals surface area contributed by atoms with E-state index < -0.39 is 42.0 Å². The molecule has 3 atom stereocenters. The third-order valence-corrected chi connectivity index (χ3v) is 8.07. The number of hydrogen-bond acceptors (Lipinski definition) is 7. The average Bonchev–Trinajstić information content (AvgIpc) is 3.39. The van der Waals surface area contributed by atoms with Crippen molar-refractivity contribution in [1.29, 1.82) is 0 Å². The van der Waals surface area contributed by atoms with E-state index in [-0.39, 0.29) is 54.0 Å². The van der Waals surface area contributed by atoms with Gasteiger partial charge in [0.25, 0.3) is 5.91 Å². The number of amides is 2. The summed E-state index contributed by atoms with van der Waals surface area (Å²) in [6.45, 7) is -0.237. The van der Waals surface area contributed by atoms with Crippen LogP contribution in [0.3, 0.4) is 0 Å². The molecule has 0 aliphatic carbocycles. The number of carboxylic acid groups (broad SMARTS) is 1. The van der Waals surface area contributed by atoms with Crippen LogP contribution in [-0.2, 0) is 14.4 Å². The molecule has 2 amide bonds. The summed E-state index contributed by atoms with van der Waals surface area (Å²) in [4.78, 5) is 46.6. The van der Waals surface area contributed by atoms with Crippen molar-refractivity contribution >= 4 is 70.4 Å². The van der Waals surface area contributed by atoms with Gasteiger partial charge in [-0.3, -0.25) is 19.5 Å². The minimum atomic E-state index is -5.09. The maximum absolute atomic E-state index is 13.0. The Morgan fingerprint density at radius 2 is 2.09 bits per heavy atom. The van der Waals surface area contributed by atoms with Gasteiger partial charge in [0.15, 0.2) is 4.34 Å². The molecule has 0 aromatic carbocycles. The molecule has 5 rings (SSSR count). The number of hydrogen-bond donors (Lipinski definition) is 1. The van der Waals surface area contributed by atoms with Gasteiger partial charge in [-0.1, -0.05) is 11.8 Å². The molecule has 174 valence electrons. The number of thioether (sulfide) groups is 1. The van der Waals surface area contributed by atoms with Crippen molar-refractivity contribution in [1.82, 2.24) is 19.8 Å². The van der Waals surface area contributed by atoms with Gasteiger partial charge in [-0.15, -0.1) is 11.3 Å². The Kier molecular flexibility index (Phi) is 6.86. The van der Waals surface area contributed by atoms with Crippen LogP contribution in [0.25, 0.3) is 11.3 Å². The first-order valence-corrected chi connectivity index (χ1v) is 11.7. The van der Waals surface area contributed by atoms with Gasteiger partial charge in [0.05, 0.1) is 11.7 Å². The molecule has 2 aromatic heterocycles. The van der Waals surface area contributed by atoms with E-state index in [9.17, 15) is 32.7 Å². The molecule has 1 N–H and O–H groups in total. The Labute approximate surface area is 221 Å². The molecular formula is C20H16F3N4NaO4S2. The summed E-state index contributed by atoms with van der Waals surface area (Å²) < 4.78 is 39.6. The van der Waals surface area contributed by atoms with E-state index in [1.54, 1.807) is 18.5 Å². The van der Waals surface area contributed by atoms with Gasteiger partial charge in [-0.05, 0) is 24.1 Å². The summed E-state index contributed by atoms with van der Waals surface area (Å²) in [6, 6.07) is 1.66. The Bertz CT molecular complexity index is 1190. The summed E-state index contributed by atoms with van der Waals surface area (Å²) in [5, 5.41) is 11.6. The van der Waals surface area contributed by atoms with Crippen LogP contribution in [0.1, 0.15) is 6.42 Å². The molecule has 2 aromatic rings. The molecule has 0 bridgehead atoms. The predicted octanol–water partition coefficient (Wildman–Crippen LogP) is 1.99. The number of alkyl halides is 3. The quantitative estimate of drug-likeness (QED) is 0.365. The zero-order valence-electron chi connectivity index (χ0n) is 16.7. The van der Waals surface area contributed by atoms with Gasteiger partial charge < -0.3 is 10.0 Å². The monoisotopic (exact) mass is 520 g/mol. The van der Waals surface area contributed by atoms with E-state index in [0.717, 1.165) is 16.2 Å². The summed E-state index contributed by atoms with van der Waals surface area (Å²) >= 11 is 2.67. The molecule has 3 aliphatic rings. The van der Waals surface area contributed by atoms with Crippen molar-refractivity contribution < 1.29 is 32.7 Å². The van der Waals surface area contributed by atoms with Crippen molar-refractivity contribution in [2.45, 2.75) is 29.0 Å². The van der Waals surface area contributed by atoms with E-state index in [2.05, 4.69) is 9.97 Å². The molecule has 14 heteroatoms. The zero-order valence-corrected chi connectivity index (χ0v) is 18.3. The first-order valence-electron chi connectivity index (χ1n) is 9.81. The van der Waals surface area contributed by atoms with E-state index >= 15 is 0 Å². The second-order valence-corrected chi connectivity index (χ2v) is 9.93. The molecule has 5 heterocycles. The fraction of sp³-hybridized carbons (Fsp3) is 0.350. The topological polar surface area (TPSA) is 104 Å². The first-order chi connectivity index (χ1) is 15.7. The maximum atomic E-state index is 13.0. The summed E-state index contributed by atoms with van der Waals surface area (Å²) in [6.07, 6.45) is -1.57. The number of aliphatic carboxylic acids is 1. The summed E-state index contributed by atoms with van der Waals surface area (Å²) in [7, 11) is 0. The van der Waals surface area contributed by atoms with Gasteiger partial charge in [-0.2, -0.15) is 13.2 Å². The van der Waals surface area contributed by atoms with Crippen LogP contribution in [0, 0.1) is 5.92 Å². The average molecular weight is 520 g/mol. The Morgan fingerprint density at radius 1 is 1.32 bits per heavy atom. The van der Waals surface area contributed by atoms with Gasteiger partial charge in [0, 0.05) is 41.6 Å². The molecule has 0 unspecified atom stereocenters. The molecule has 34 heavy (non-hydrogen) atoms. The van der Waals surface area contributed by atoms with Crippen LogP contribution in [0.15, 0.2) is 45.5 Å². The number of rotatable bonds is 5. The third-order valence-electron chi connectivity index (χ3n) is 5.96. The number of halogens is 3. The van der Waals surface area contributed by atoms with Gasteiger partial charge in [0.1, 0.15) is 11.7 Å². The van der Waals surface area contributed by atoms with Crippen molar-refractivity contribution in [3.05, 3.63) is 41.2 Å². The summed E-state index contributed by atoms with van der Waals surface area (Å²) in [5.74, 6) is -4.39. The van der Waals surface area contributed by atoms with E-state index in [4.69, 9.17) is 0 Å². The molecule has 2 fully saturated rings. The zero-order chi connectivity index (χ0) is 23.5. The number of carbonyl (C=O) groups excluding carboxylic acids is 2. The van der Waals surface area contributed by atoms with Crippen molar-refractivity contribution in [2.75, 3.05) is 12.3 Å². The molecular weight excluding hydrogens is 504 g/mol. The van der Waals surface area contributed by atoms with Crippen LogP contribution < -0.4 is 0 Å². The van der Waals surface area contributed by atoms with E-state index in [0.29, 0.717) is 14.8 Å². The Morgan fingerprint density at radius 3 is 2.74 bits per heavy atom. The van der Waals surface area contributed by atoms with Crippen molar-refractivity contribution in [2.24, 2.45) is 5.92 Å². The van der Waals surface area contributed by atoms with Crippen LogP contribution in [-0.4, -0.2) is 103 Å². The fourth-order valence-corrected chi connectivity index (χ4v) is 6.52. The van der Waals surface area contributed by atoms with Crippen LogP contribution in [0.2, 0.25) is 0 Å². The van der Waals surface area contributed by atoms with Gasteiger partial charge in [-0.25, -0.2) is 9.78 Å². The molecule has 0 saturated carbocycles. The van der Waals surface area contributed by atoms with Gasteiger partial charge in [0.2, 0.25) is 0 Å². The number of thiazole rings is 1. The van der Waals surface area contributed by atoms with Crippen LogP contribution >= 0.6 is 23.1 Å². The van der Waals surface area contributed by atoms with Crippen molar-refractivity contribution in [3.63, 3.8) is 0 Å². The van der Waals surface area contributed by atoms with Crippen LogP contribution in [0.4, 0.5) is 13.2 Å². The minimum absolute atomic E-state index is 0. The number of β-lactam (4-membered cyclic amide) rings is 1. The molecule has 3 aliphatic heterocycles. The number of nitrogens with zero attached hydrogens (tertiary/aromatic N) is 4. The number of aromatic nitrogens is 2. The number of carbonyl (C=O) groups is 3. The number of pyridine rings is 1. The SMILES string of the molecule is O=C(O)C1=C(CSc2nc(-c3cccnc3)cs2)C[C@@H]2CN(C(=O)C(F)(F)F)[C@@H]3C(=O)N1[C@H]23.[NaH]. The van der Waals surface area contributed by atoms with E-state index in [1.807, 2.05) is 11.4 Å². The molecule has 8 nitrogen and oxygen atoms in total. The fourth-order valence-electron chi connectivity index (χ4n) is 4.66. The normalized spacial score (nSPS) is 23.4. The second kappa shape index (κ2) is 9.26. The number of likely N-dealkylation sites (tertiary alicyclic amines) is 1. The first kappa shape index (κ1) is 25.2. The molecule has 0 radical (unpaired) electrons. The van der Waals surface area contributed by atoms with E-state index in [1.165, 1.54) is 23.1 Å². The second-order valence-electron chi connectivity index (χ2n) is 7.85. The van der Waals surface area contributed by atoms with Crippen LogP contribution in [0.5, 0.6) is 0 Å². The number of carboxylic acids is 1. The van der Waals surface area contributed by atoms with Gasteiger partial charge >= 0.3 is 47.6 Å². The Balaban J connectivity index is 0.00000274. The molecule has 0 spiro atoms. The third kappa shape index (κ3) is 4.17. The standard InChI is InChI=1S/C20H15F3N4O4S2.Na.H/c21-20(22,23)18(31)26-6-10-4-11(14(17(29)30)27-13(10)15(26)16(27)28)7-32-19-25-12(8-33-19)9-2-1-3-24-5-9;;/h1-3,5,8,10,13,15H,4,6-7H2,(H,29,30);;/t10-,13-,15+;;/m1../s1. The predicted molar refractivity (Wildman–Crippen MR) is 118 cm³/mol.